The fraction of sp³-hybridized carbons (Fsp3) is 0.750. The highest BCUT2D eigenvalue weighted by Crippen LogP contribution is 2.39. The van der Waals surface area contributed by atoms with E-state index >= 15 is 0 Å². The van der Waals surface area contributed by atoms with E-state index in [0.717, 1.165) is 6.04 Å². The molecule has 2 heterocycles. The van der Waals surface area contributed by atoms with Crippen molar-refractivity contribution < 1.29 is 0 Å². The van der Waals surface area contributed by atoms with Gasteiger partial charge in [0.2, 0.25) is 0 Å². The maximum Gasteiger partial charge on any atom is 0.0290 e. The van der Waals surface area contributed by atoms with E-state index in [1.54, 1.807) is 9.28 Å². The Bertz CT molecular complexity index is 186. The van der Waals surface area contributed by atoms with E-state index in [2.05, 4.69) is 34.5 Å². The van der Waals surface area contributed by atoms with Gasteiger partial charge in [-0.15, -0.1) is 0 Å². The van der Waals surface area contributed by atoms with Gasteiger partial charge in [0.1, 0.15) is 0 Å². The number of allylic oxidation sites excluding steroid dienone is 2. The average Bonchev–Trinajstić information content (AvgIpc) is 2.13. The van der Waals surface area contributed by atoms with Crippen LogP contribution in [0, 0.1) is 0 Å². The van der Waals surface area contributed by atoms with E-state index in [1.807, 2.05) is 0 Å². The number of hydrogen-bond acceptors (Lipinski definition) is 1. The van der Waals surface area contributed by atoms with E-state index in [9.17, 15) is 0 Å². The third-order valence-electron chi connectivity index (χ3n) is 2.70. The Kier molecular flexibility index (Phi) is 1.66. The molecule has 1 saturated heterocycles. The summed E-state index contributed by atoms with van der Waals surface area (Å²) in [5, 5.41) is 0. The van der Waals surface area contributed by atoms with Gasteiger partial charge in [-0.2, -0.15) is 0 Å². The van der Waals surface area contributed by atoms with Gasteiger partial charge in [-0.25, -0.2) is 0 Å². The van der Waals surface area contributed by atoms with Crippen LogP contribution in [-0.2, 0) is 0 Å². The fourth-order valence-corrected chi connectivity index (χ4v) is 2.96. The number of nitrogens with zero attached hydrogens (tertiary/aromatic N) is 1. The molecule has 0 N–H and O–H groups in total. The number of rotatable bonds is 0. The fourth-order valence-electron chi connectivity index (χ4n) is 2.00. The van der Waals surface area contributed by atoms with E-state index in [4.69, 9.17) is 0 Å². The smallest absolute Gasteiger partial charge is 0.0290 e. The zero-order chi connectivity index (χ0) is 7.14. The molecule has 1 nitrogen and oxygen atoms in total. The summed E-state index contributed by atoms with van der Waals surface area (Å²) in [7, 11) is 2.24. The molecule has 0 aromatic rings. The molecular formula is C8H12IN. The second-order valence-electron chi connectivity index (χ2n) is 3.19. The predicted octanol–water partition coefficient (Wildman–Crippen LogP) is 2.52. The van der Waals surface area contributed by atoms with Crippen molar-refractivity contribution >= 4 is 22.6 Å². The average molecular weight is 249 g/mol. The number of hydrogen-bond donors (Lipinski definition) is 0. The molecule has 0 amide bonds. The van der Waals surface area contributed by atoms with Crippen LogP contribution in [0.25, 0.3) is 0 Å². The van der Waals surface area contributed by atoms with Crippen molar-refractivity contribution in [2.75, 3.05) is 7.05 Å². The van der Waals surface area contributed by atoms with Crippen molar-refractivity contribution in [3.63, 3.8) is 0 Å². The first kappa shape index (κ1) is 6.95. The zero-order valence-corrected chi connectivity index (χ0v) is 8.39. The summed E-state index contributed by atoms with van der Waals surface area (Å²) in [5.74, 6) is 0. The molecule has 2 bridgehead atoms. The minimum atomic E-state index is 0.883. The molecule has 0 aliphatic carbocycles. The minimum absolute atomic E-state index is 0.883. The van der Waals surface area contributed by atoms with Crippen LogP contribution in [0.4, 0.5) is 0 Å². The van der Waals surface area contributed by atoms with Gasteiger partial charge in [0.15, 0.2) is 0 Å². The van der Waals surface area contributed by atoms with Crippen molar-refractivity contribution in [1.82, 2.24) is 4.90 Å². The first-order valence-electron chi connectivity index (χ1n) is 3.89. The maximum absolute atomic E-state index is 2.50. The van der Waals surface area contributed by atoms with E-state index in [0.29, 0.717) is 0 Å². The molecule has 2 heteroatoms. The number of halogens is 1. The van der Waals surface area contributed by atoms with Crippen LogP contribution in [0.1, 0.15) is 25.7 Å². The van der Waals surface area contributed by atoms with Gasteiger partial charge in [-0.3, -0.25) is 0 Å². The Balaban J connectivity index is 2.34. The van der Waals surface area contributed by atoms with Gasteiger partial charge < -0.3 is 4.90 Å². The third-order valence-corrected chi connectivity index (χ3v) is 3.86. The van der Waals surface area contributed by atoms with Gasteiger partial charge in [0.05, 0.1) is 0 Å². The Morgan fingerprint density at radius 1 is 1.40 bits per heavy atom. The second kappa shape index (κ2) is 2.40. The molecule has 0 spiro atoms. The summed E-state index contributed by atoms with van der Waals surface area (Å²) in [4.78, 5) is 2.48. The van der Waals surface area contributed by atoms with E-state index < -0.39 is 0 Å². The van der Waals surface area contributed by atoms with Crippen molar-refractivity contribution in [3.8, 4) is 0 Å². The van der Waals surface area contributed by atoms with Crippen molar-refractivity contribution in [2.24, 2.45) is 0 Å². The summed E-state index contributed by atoms with van der Waals surface area (Å²) < 4.78 is 1.61. The largest absolute Gasteiger partial charge is 0.374 e. The highest BCUT2D eigenvalue weighted by Gasteiger charge is 2.30. The summed E-state index contributed by atoms with van der Waals surface area (Å²) in [6, 6.07) is 0.883. The Morgan fingerprint density at radius 3 is 2.80 bits per heavy atom. The molecule has 1 fully saturated rings. The van der Waals surface area contributed by atoms with Crippen LogP contribution in [0.5, 0.6) is 0 Å². The van der Waals surface area contributed by atoms with Gasteiger partial charge in [0, 0.05) is 22.4 Å². The number of fused-ring (bicyclic) bond motifs is 2. The predicted molar refractivity (Wildman–Crippen MR) is 51.1 cm³/mol. The topological polar surface area (TPSA) is 3.24 Å². The normalized spacial score (nSPS) is 31.8. The van der Waals surface area contributed by atoms with Crippen LogP contribution >= 0.6 is 22.6 Å². The summed E-state index contributed by atoms with van der Waals surface area (Å²) in [5.41, 5.74) is 1.62. The summed E-state index contributed by atoms with van der Waals surface area (Å²) in [6.07, 6.45) is 5.46. The van der Waals surface area contributed by atoms with Crippen molar-refractivity contribution in [3.05, 3.63) is 9.28 Å². The Morgan fingerprint density at radius 2 is 2.10 bits per heavy atom. The van der Waals surface area contributed by atoms with Crippen molar-refractivity contribution in [2.45, 2.75) is 31.7 Å². The molecule has 0 radical (unpaired) electrons. The van der Waals surface area contributed by atoms with Crippen molar-refractivity contribution in [1.29, 1.82) is 0 Å². The van der Waals surface area contributed by atoms with Crippen LogP contribution < -0.4 is 0 Å². The third kappa shape index (κ3) is 0.881. The monoisotopic (exact) mass is 249 g/mol. The molecule has 0 aromatic heterocycles. The molecule has 10 heavy (non-hydrogen) atoms. The maximum atomic E-state index is 2.50. The molecular weight excluding hydrogens is 237 g/mol. The SMILES string of the molecule is CN1C2=C(I)CC[C@@H]1CC2. The molecule has 56 valence electrons. The van der Waals surface area contributed by atoms with Gasteiger partial charge >= 0.3 is 0 Å². The standard InChI is InChI=1S/C8H12IN/c1-10-6-2-4-7(9)8(10)5-3-6/h6H,2-5H2,1H3/t6-/m1/s1. The van der Waals surface area contributed by atoms with E-state index in [-0.39, 0.29) is 0 Å². The summed E-state index contributed by atoms with van der Waals surface area (Å²) >= 11 is 2.50. The molecule has 1 atom stereocenters. The minimum Gasteiger partial charge on any atom is -0.374 e. The lowest BCUT2D eigenvalue weighted by Gasteiger charge is -2.28. The molecule has 0 unspecified atom stereocenters. The van der Waals surface area contributed by atoms with Crippen LogP contribution in [0.2, 0.25) is 0 Å². The molecule has 0 saturated carbocycles. The molecule has 0 aromatic carbocycles. The second-order valence-corrected chi connectivity index (χ2v) is 4.50. The summed E-state index contributed by atoms with van der Waals surface area (Å²) in [6.45, 7) is 0. The Labute approximate surface area is 75.6 Å². The Hall–Kier alpha value is 0.270. The van der Waals surface area contributed by atoms with Gasteiger partial charge in [0.25, 0.3) is 0 Å². The van der Waals surface area contributed by atoms with Crippen LogP contribution in [0.15, 0.2) is 9.28 Å². The lowest BCUT2D eigenvalue weighted by molar-refractivity contribution is 0.318. The first-order chi connectivity index (χ1) is 4.79. The molecule has 2 aliphatic heterocycles. The van der Waals surface area contributed by atoms with Gasteiger partial charge in [-0.05, 0) is 48.3 Å². The van der Waals surface area contributed by atoms with Crippen LogP contribution in [0.3, 0.4) is 0 Å². The molecule has 2 aliphatic rings. The lowest BCUT2D eigenvalue weighted by atomic mass is 10.1. The first-order valence-corrected chi connectivity index (χ1v) is 4.97. The van der Waals surface area contributed by atoms with Gasteiger partial charge in [-0.1, -0.05) is 0 Å². The lowest BCUT2D eigenvalue weighted by Crippen LogP contribution is -2.27. The highest BCUT2D eigenvalue weighted by molar-refractivity contribution is 14.1. The quantitative estimate of drug-likeness (QED) is 0.596. The van der Waals surface area contributed by atoms with E-state index in [1.165, 1.54) is 25.7 Å². The highest BCUT2D eigenvalue weighted by atomic mass is 127. The zero-order valence-electron chi connectivity index (χ0n) is 6.23. The van der Waals surface area contributed by atoms with Crippen LogP contribution in [-0.4, -0.2) is 18.0 Å². The molecule has 2 rings (SSSR count).